The van der Waals surface area contributed by atoms with Crippen molar-refractivity contribution in [3.05, 3.63) is 35.6 Å². The van der Waals surface area contributed by atoms with Crippen LogP contribution in [0.4, 0.5) is 0 Å². The zero-order valence-electron chi connectivity index (χ0n) is 14.0. The molecule has 2 rings (SSSR count). The topological polar surface area (TPSA) is 60.2 Å². The lowest BCUT2D eigenvalue weighted by Gasteiger charge is -2.17. The molecule has 0 spiro atoms. The van der Waals surface area contributed by atoms with Gasteiger partial charge in [-0.3, -0.25) is 4.79 Å². The van der Waals surface area contributed by atoms with Crippen molar-refractivity contribution in [2.24, 2.45) is 0 Å². The number of hydrogen-bond acceptors (Lipinski definition) is 5. The SMILES string of the molecule is CC(C)n1cnnc1SCC(=O)N(C)CCOc1ccc(Cl)cc1. The lowest BCUT2D eigenvalue weighted by Crippen LogP contribution is -2.32. The molecular formula is C16H21ClN4O2S. The van der Waals surface area contributed by atoms with Crippen molar-refractivity contribution < 1.29 is 9.53 Å². The minimum absolute atomic E-state index is 0.0259. The Morgan fingerprint density at radius 1 is 1.38 bits per heavy atom. The van der Waals surface area contributed by atoms with E-state index in [0.717, 1.165) is 10.9 Å². The Hall–Kier alpha value is -1.73. The van der Waals surface area contributed by atoms with E-state index in [-0.39, 0.29) is 11.9 Å². The van der Waals surface area contributed by atoms with Crippen LogP contribution in [0, 0.1) is 0 Å². The highest BCUT2D eigenvalue weighted by atomic mass is 35.5. The van der Waals surface area contributed by atoms with Crippen molar-refractivity contribution in [1.82, 2.24) is 19.7 Å². The van der Waals surface area contributed by atoms with E-state index in [1.807, 2.05) is 4.57 Å². The van der Waals surface area contributed by atoms with Crippen LogP contribution in [0.1, 0.15) is 19.9 Å². The van der Waals surface area contributed by atoms with Gasteiger partial charge in [-0.1, -0.05) is 23.4 Å². The molecule has 0 aliphatic rings. The third-order valence-corrected chi connectivity index (χ3v) is 4.55. The van der Waals surface area contributed by atoms with Gasteiger partial charge < -0.3 is 14.2 Å². The molecule has 1 aromatic carbocycles. The second-order valence-electron chi connectivity index (χ2n) is 5.52. The van der Waals surface area contributed by atoms with Crippen molar-refractivity contribution in [1.29, 1.82) is 0 Å². The van der Waals surface area contributed by atoms with Gasteiger partial charge in [-0.15, -0.1) is 10.2 Å². The number of hydrogen-bond donors (Lipinski definition) is 0. The molecule has 6 nitrogen and oxygen atoms in total. The van der Waals surface area contributed by atoms with Gasteiger partial charge in [-0.25, -0.2) is 0 Å². The molecule has 0 fully saturated rings. The van der Waals surface area contributed by atoms with E-state index in [1.54, 1.807) is 42.5 Å². The van der Waals surface area contributed by atoms with Crippen molar-refractivity contribution in [2.45, 2.75) is 25.0 Å². The normalized spacial score (nSPS) is 10.9. The first-order valence-corrected chi connectivity index (χ1v) is 8.98. The monoisotopic (exact) mass is 368 g/mol. The third-order valence-electron chi connectivity index (χ3n) is 3.36. The van der Waals surface area contributed by atoms with Gasteiger partial charge in [0, 0.05) is 18.1 Å². The van der Waals surface area contributed by atoms with Crippen molar-refractivity contribution in [3.63, 3.8) is 0 Å². The van der Waals surface area contributed by atoms with Gasteiger partial charge in [0.1, 0.15) is 18.7 Å². The molecule has 8 heteroatoms. The first-order valence-electron chi connectivity index (χ1n) is 7.62. The zero-order valence-corrected chi connectivity index (χ0v) is 15.5. The van der Waals surface area contributed by atoms with Crippen LogP contribution >= 0.6 is 23.4 Å². The number of rotatable bonds is 8. The Bertz CT molecular complexity index is 660. The highest BCUT2D eigenvalue weighted by Crippen LogP contribution is 2.19. The highest BCUT2D eigenvalue weighted by molar-refractivity contribution is 7.99. The lowest BCUT2D eigenvalue weighted by molar-refractivity contribution is -0.127. The highest BCUT2D eigenvalue weighted by Gasteiger charge is 2.13. The summed E-state index contributed by atoms with van der Waals surface area (Å²) >= 11 is 7.22. The lowest BCUT2D eigenvalue weighted by atomic mass is 10.3. The molecular weight excluding hydrogens is 348 g/mol. The Balaban J connectivity index is 1.73. The molecule has 0 N–H and O–H groups in total. The van der Waals surface area contributed by atoms with Crippen LogP contribution in [-0.2, 0) is 4.79 Å². The van der Waals surface area contributed by atoms with Gasteiger partial charge in [0.25, 0.3) is 0 Å². The molecule has 0 aliphatic heterocycles. The standard InChI is InChI=1S/C16H21ClN4O2S/c1-12(2)21-11-18-19-16(21)24-10-15(22)20(3)8-9-23-14-6-4-13(17)5-7-14/h4-7,11-12H,8-10H2,1-3H3. The van der Waals surface area contributed by atoms with E-state index in [4.69, 9.17) is 16.3 Å². The number of aromatic nitrogens is 3. The van der Waals surface area contributed by atoms with Gasteiger partial charge in [-0.05, 0) is 38.1 Å². The number of amides is 1. The van der Waals surface area contributed by atoms with Crippen LogP contribution in [0.3, 0.4) is 0 Å². The van der Waals surface area contributed by atoms with Gasteiger partial charge >= 0.3 is 0 Å². The quantitative estimate of drug-likeness (QED) is 0.670. The van der Waals surface area contributed by atoms with Crippen LogP contribution < -0.4 is 4.74 Å². The largest absolute Gasteiger partial charge is 0.492 e. The summed E-state index contributed by atoms with van der Waals surface area (Å²) in [5, 5.41) is 9.36. The predicted octanol–water partition coefficient (Wildman–Crippen LogP) is 3.14. The average molecular weight is 369 g/mol. The van der Waals surface area contributed by atoms with Crippen LogP contribution in [0.2, 0.25) is 5.02 Å². The van der Waals surface area contributed by atoms with E-state index in [2.05, 4.69) is 24.0 Å². The number of carbonyl (C=O) groups is 1. The number of benzene rings is 1. The van der Waals surface area contributed by atoms with Gasteiger partial charge in [0.2, 0.25) is 5.91 Å². The summed E-state index contributed by atoms with van der Waals surface area (Å²) < 4.78 is 7.54. The maximum atomic E-state index is 12.2. The molecule has 0 atom stereocenters. The van der Waals surface area contributed by atoms with Crippen LogP contribution in [0.15, 0.2) is 35.7 Å². The fourth-order valence-electron chi connectivity index (χ4n) is 1.88. The molecule has 0 bridgehead atoms. The fraction of sp³-hybridized carbons (Fsp3) is 0.438. The molecule has 0 saturated heterocycles. The molecule has 0 aliphatic carbocycles. The van der Waals surface area contributed by atoms with Gasteiger partial charge in [-0.2, -0.15) is 0 Å². The number of thioether (sulfide) groups is 1. The van der Waals surface area contributed by atoms with Crippen LogP contribution in [-0.4, -0.2) is 51.5 Å². The third kappa shape index (κ3) is 5.42. The summed E-state index contributed by atoms with van der Waals surface area (Å²) in [6.45, 7) is 5.04. The number of likely N-dealkylation sites (N-methyl/N-ethyl adjacent to an activating group) is 1. The second kappa shape index (κ2) is 8.94. The van der Waals surface area contributed by atoms with E-state index < -0.39 is 0 Å². The average Bonchev–Trinajstić information content (AvgIpc) is 3.03. The Labute approximate surface area is 151 Å². The van der Waals surface area contributed by atoms with E-state index in [0.29, 0.717) is 23.9 Å². The molecule has 130 valence electrons. The minimum Gasteiger partial charge on any atom is -0.492 e. The van der Waals surface area contributed by atoms with Gasteiger partial charge in [0.15, 0.2) is 5.16 Å². The molecule has 24 heavy (non-hydrogen) atoms. The van der Waals surface area contributed by atoms with Crippen molar-refractivity contribution in [2.75, 3.05) is 26.0 Å². The van der Waals surface area contributed by atoms with Gasteiger partial charge in [0.05, 0.1) is 12.3 Å². The van der Waals surface area contributed by atoms with E-state index in [9.17, 15) is 4.79 Å². The Kier molecular flexibility index (Phi) is 6.93. The van der Waals surface area contributed by atoms with E-state index in [1.165, 1.54) is 11.8 Å². The summed E-state index contributed by atoms with van der Waals surface area (Å²) in [5.41, 5.74) is 0. The summed E-state index contributed by atoms with van der Waals surface area (Å²) in [4.78, 5) is 13.8. The minimum atomic E-state index is 0.0259. The number of carbonyl (C=O) groups excluding carboxylic acids is 1. The maximum absolute atomic E-state index is 12.2. The van der Waals surface area contributed by atoms with Crippen molar-refractivity contribution >= 4 is 29.3 Å². The second-order valence-corrected chi connectivity index (χ2v) is 6.90. The fourth-order valence-corrected chi connectivity index (χ4v) is 2.99. The molecule has 1 aromatic heterocycles. The Morgan fingerprint density at radius 3 is 2.75 bits per heavy atom. The molecule has 0 radical (unpaired) electrons. The molecule has 0 saturated carbocycles. The Morgan fingerprint density at radius 2 is 2.08 bits per heavy atom. The summed E-state index contributed by atoms with van der Waals surface area (Å²) in [5.74, 6) is 1.08. The summed E-state index contributed by atoms with van der Waals surface area (Å²) in [7, 11) is 1.77. The van der Waals surface area contributed by atoms with Crippen LogP contribution in [0.5, 0.6) is 5.75 Å². The number of nitrogens with zero attached hydrogens (tertiary/aromatic N) is 4. The molecule has 1 amide bonds. The maximum Gasteiger partial charge on any atom is 0.232 e. The number of halogens is 1. The summed E-state index contributed by atoms with van der Waals surface area (Å²) in [6.07, 6.45) is 1.68. The smallest absolute Gasteiger partial charge is 0.232 e. The predicted molar refractivity (Wildman–Crippen MR) is 95.7 cm³/mol. The summed E-state index contributed by atoms with van der Waals surface area (Å²) in [6, 6.07) is 7.42. The molecule has 2 aromatic rings. The molecule has 1 heterocycles. The van der Waals surface area contributed by atoms with E-state index >= 15 is 0 Å². The van der Waals surface area contributed by atoms with Crippen LogP contribution in [0.25, 0.3) is 0 Å². The first-order chi connectivity index (χ1) is 11.5. The zero-order chi connectivity index (χ0) is 17.5. The molecule has 0 unspecified atom stereocenters. The number of ether oxygens (including phenoxy) is 1. The first kappa shape index (κ1) is 18.6. The van der Waals surface area contributed by atoms with Crippen molar-refractivity contribution in [3.8, 4) is 5.75 Å².